The number of hydrogen-bond acceptors (Lipinski definition) is 4. The Balaban J connectivity index is 1.82. The van der Waals surface area contributed by atoms with Crippen LogP contribution in [0, 0.1) is 5.82 Å². The molecule has 0 saturated carbocycles. The van der Waals surface area contributed by atoms with Gasteiger partial charge in [0.1, 0.15) is 11.6 Å². The van der Waals surface area contributed by atoms with Crippen molar-refractivity contribution < 1.29 is 13.9 Å². The van der Waals surface area contributed by atoms with Crippen LogP contribution in [-0.4, -0.2) is 31.4 Å². The maximum atomic E-state index is 13.1. The van der Waals surface area contributed by atoms with Gasteiger partial charge in [-0.25, -0.2) is 9.18 Å². The van der Waals surface area contributed by atoms with Crippen LogP contribution >= 0.6 is 15.9 Å². The molecule has 0 aliphatic rings. The lowest BCUT2D eigenvalue weighted by atomic mass is 10.1. The second-order valence-electron chi connectivity index (χ2n) is 7.43. The van der Waals surface area contributed by atoms with Gasteiger partial charge in [-0.2, -0.15) is 5.10 Å². The van der Waals surface area contributed by atoms with E-state index in [4.69, 9.17) is 4.74 Å². The van der Waals surface area contributed by atoms with Crippen LogP contribution in [0.2, 0.25) is 0 Å². The summed E-state index contributed by atoms with van der Waals surface area (Å²) in [4.78, 5) is 12.5. The summed E-state index contributed by atoms with van der Waals surface area (Å²) >= 11 is 3.55. The van der Waals surface area contributed by atoms with Crippen molar-refractivity contribution in [2.75, 3.05) is 24.3 Å². The first-order chi connectivity index (χ1) is 16.4. The molecule has 0 saturated heterocycles. The normalized spacial score (nSPS) is 11.3. The van der Waals surface area contributed by atoms with Crippen LogP contribution in [0.5, 0.6) is 5.75 Å². The highest BCUT2D eigenvalue weighted by atomic mass is 79.9. The molecule has 0 aromatic heterocycles. The van der Waals surface area contributed by atoms with Crippen LogP contribution in [0.25, 0.3) is 5.70 Å². The Morgan fingerprint density at radius 1 is 1.06 bits per heavy atom. The molecule has 0 aliphatic carbocycles. The maximum absolute atomic E-state index is 13.1. The van der Waals surface area contributed by atoms with E-state index >= 15 is 0 Å². The Hall–Kier alpha value is -3.65. The smallest absolute Gasteiger partial charge is 0.323 e. The van der Waals surface area contributed by atoms with Crippen molar-refractivity contribution in [2.45, 2.75) is 13.3 Å². The minimum atomic E-state index is -0.452. The third-order valence-corrected chi connectivity index (χ3v) is 5.32. The number of rotatable bonds is 9. The molecule has 0 fully saturated rings. The van der Waals surface area contributed by atoms with E-state index < -0.39 is 6.03 Å². The summed E-state index contributed by atoms with van der Waals surface area (Å²) < 4.78 is 20.1. The quantitative estimate of drug-likeness (QED) is 0.241. The number of hydrogen-bond donors (Lipinski definition) is 2. The lowest BCUT2D eigenvalue weighted by molar-refractivity contribution is 0.262. The summed E-state index contributed by atoms with van der Waals surface area (Å²) in [5.41, 5.74) is 3.68. The fourth-order valence-corrected chi connectivity index (χ4v) is 3.79. The molecular formula is C26H26BrFN4O2. The number of hydrazone groups is 1. The fraction of sp³-hybridized carbons (Fsp3) is 0.154. The van der Waals surface area contributed by atoms with Crippen LogP contribution in [0.3, 0.4) is 0 Å². The Kier molecular flexibility index (Phi) is 8.81. The van der Waals surface area contributed by atoms with E-state index in [0.717, 1.165) is 22.2 Å². The van der Waals surface area contributed by atoms with Crippen molar-refractivity contribution in [2.24, 2.45) is 5.10 Å². The predicted molar refractivity (Wildman–Crippen MR) is 140 cm³/mol. The number of ether oxygens (including phenoxy) is 1. The molecule has 34 heavy (non-hydrogen) atoms. The SMILES string of the molecule is C=NN(C)/C(=C(\C)Br)c1cc(NC(=O)Nc2ccc(F)cc2)ccc1OCCc1ccccc1. The van der Waals surface area contributed by atoms with Gasteiger partial charge < -0.3 is 15.4 Å². The number of nitrogens with zero attached hydrogens (tertiary/aromatic N) is 2. The molecule has 2 N–H and O–H groups in total. The van der Waals surface area contributed by atoms with Gasteiger partial charge >= 0.3 is 6.03 Å². The Bertz CT molecular complexity index is 1160. The van der Waals surface area contributed by atoms with E-state index in [1.54, 1.807) is 24.2 Å². The summed E-state index contributed by atoms with van der Waals surface area (Å²) in [5, 5.41) is 11.1. The highest BCUT2D eigenvalue weighted by Crippen LogP contribution is 2.35. The number of allylic oxidation sites excluding steroid dienone is 1. The van der Waals surface area contributed by atoms with Gasteiger partial charge in [-0.1, -0.05) is 46.3 Å². The number of urea groups is 1. The topological polar surface area (TPSA) is 66.0 Å². The molecular weight excluding hydrogens is 499 g/mol. The average molecular weight is 525 g/mol. The molecule has 0 radical (unpaired) electrons. The number of benzene rings is 3. The summed E-state index contributed by atoms with van der Waals surface area (Å²) in [7, 11) is 1.78. The number of amides is 2. The number of carbonyl (C=O) groups is 1. The van der Waals surface area contributed by atoms with Crippen molar-refractivity contribution in [3.8, 4) is 5.75 Å². The number of nitrogens with one attached hydrogen (secondary N) is 2. The van der Waals surface area contributed by atoms with E-state index in [-0.39, 0.29) is 5.82 Å². The number of halogens is 2. The van der Waals surface area contributed by atoms with Gasteiger partial charge in [0.15, 0.2) is 0 Å². The molecule has 0 bridgehead atoms. The van der Waals surface area contributed by atoms with Crippen LogP contribution in [-0.2, 0) is 6.42 Å². The van der Waals surface area contributed by atoms with Gasteiger partial charge in [0, 0.05) is 41.6 Å². The lowest BCUT2D eigenvalue weighted by Gasteiger charge is -2.22. The molecule has 3 aromatic rings. The molecule has 0 spiro atoms. The molecule has 0 atom stereocenters. The summed E-state index contributed by atoms with van der Waals surface area (Å²) in [6, 6.07) is 20.6. The van der Waals surface area contributed by atoms with Gasteiger partial charge in [0.2, 0.25) is 0 Å². The Morgan fingerprint density at radius 2 is 1.71 bits per heavy atom. The average Bonchev–Trinajstić information content (AvgIpc) is 2.82. The third-order valence-electron chi connectivity index (χ3n) is 4.95. The number of anilines is 2. The van der Waals surface area contributed by atoms with Gasteiger partial charge in [0.25, 0.3) is 0 Å². The van der Waals surface area contributed by atoms with Crippen molar-refractivity contribution in [1.82, 2.24) is 5.01 Å². The first-order valence-electron chi connectivity index (χ1n) is 10.6. The molecule has 3 aromatic carbocycles. The predicted octanol–water partition coefficient (Wildman–Crippen LogP) is 6.72. The minimum absolute atomic E-state index is 0.372. The van der Waals surface area contributed by atoms with Crippen LogP contribution in [0.1, 0.15) is 18.1 Å². The Labute approximate surface area is 207 Å². The molecule has 6 nitrogen and oxygen atoms in total. The molecule has 0 unspecified atom stereocenters. The monoisotopic (exact) mass is 524 g/mol. The zero-order chi connectivity index (χ0) is 24.5. The van der Waals surface area contributed by atoms with E-state index in [9.17, 15) is 9.18 Å². The summed E-state index contributed by atoms with van der Waals surface area (Å²) in [6.07, 6.45) is 0.752. The first kappa shape index (κ1) is 25.0. The fourth-order valence-electron chi connectivity index (χ4n) is 3.32. The molecule has 3 rings (SSSR count). The minimum Gasteiger partial charge on any atom is -0.493 e. The summed E-state index contributed by atoms with van der Waals surface area (Å²) in [6.45, 7) is 5.99. The largest absolute Gasteiger partial charge is 0.493 e. The molecule has 8 heteroatoms. The highest BCUT2D eigenvalue weighted by Gasteiger charge is 2.17. The first-order valence-corrected chi connectivity index (χ1v) is 11.4. The summed E-state index contributed by atoms with van der Waals surface area (Å²) in [5.74, 6) is 0.271. The molecule has 0 aliphatic heterocycles. The van der Waals surface area contributed by atoms with Crippen LogP contribution in [0.15, 0.2) is 82.4 Å². The van der Waals surface area contributed by atoms with Gasteiger partial charge in [-0.15, -0.1) is 0 Å². The second-order valence-corrected chi connectivity index (χ2v) is 8.62. The highest BCUT2D eigenvalue weighted by molar-refractivity contribution is 9.11. The molecule has 0 heterocycles. The van der Waals surface area contributed by atoms with Crippen LogP contribution < -0.4 is 15.4 Å². The van der Waals surface area contributed by atoms with E-state index in [0.29, 0.717) is 23.7 Å². The van der Waals surface area contributed by atoms with Gasteiger partial charge in [-0.05, 0) is 55.0 Å². The van der Waals surface area contributed by atoms with Gasteiger partial charge in [0.05, 0.1) is 12.3 Å². The van der Waals surface area contributed by atoms with Crippen molar-refractivity contribution >= 4 is 45.8 Å². The molecule has 176 valence electrons. The Morgan fingerprint density at radius 3 is 2.35 bits per heavy atom. The van der Waals surface area contributed by atoms with Crippen molar-refractivity contribution in [3.63, 3.8) is 0 Å². The van der Waals surface area contributed by atoms with Crippen LogP contribution in [0.4, 0.5) is 20.6 Å². The second kappa shape index (κ2) is 12.0. The van der Waals surface area contributed by atoms with E-state index in [2.05, 4.69) is 50.5 Å². The zero-order valence-electron chi connectivity index (χ0n) is 19.0. The van der Waals surface area contributed by atoms with E-state index in [1.165, 1.54) is 29.8 Å². The number of carbonyl (C=O) groups excluding carboxylic acids is 1. The lowest BCUT2D eigenvalue weighted by Crippen LogP contribution is -2.20. The van der Waals surface area contributed by atoms with Crippen molar-refractivity contribution in [3.05, 3.63) is 94.2 Å². The maximum Gasteiger partial charge on any atom is 0.323 e. The third kappa shape index (κ3) is 6.92. The van der Waals surface area contributed by atoms with Gasteiger partial charge in [-0.3, -0.25) is 5.01 Å². The zero-order valence-corrected chi connectivity index (χ0v) is 20.6. The van der Waals surface area contributed by atoms with Crippen molar-refractivity contribution in [1.29, 1.82) is 0 Å². The molecule has 2 amide bonds. The van der Waals surface area contributed by atoms with E-state index in [1.807, 2.05) is 31.2 Å². The standard InChI is InChI=1S/C26H26BrFN4O2/c1-18(27)25(32(3)29-2)23-17-22(31-26(33)30-21-11-9-20(28)10-12-21)13-14-24(23)34-16-15-19-7-5-4-6-8-19/h4-14,17H,2,15-16H2,1,3H3,(H2,30,31,33)/b25-18+.